The van der Waals surface area contributed by atoms with Gasteiger partial charge in [-0.15, -0.1) is 0 Å². The molecular formula is C14H22N2O3. The fraction of sp³-hybridized carbons (Fsp3) is 0.500. The van der Waals surface area contributed by atoms with Gasteiger partial charge < -0.3 is 20.1 Å². The van der Waals surface area contributed by atoms with Crippen molar-refractivity contribution >= 4 is 11.6 Å². The Bertz CT molecular complexity index is 390. The Balaban J connectivity index is 2.48. The minimum atomic E-state index is -0.475. The average molecular weight is 266 g/mol. The lowest BCUT2D eigenvalue weighted by atomic mass is 10.1. The molecular weight excluding hydrogens is 244 g/mol. The Hall–Kier alpha value is -1.59. The summed E-state index contributed by atoms with van der Waals surface area (Å²) in [7, 11) is 3.45. The van der Waals surface area contributed by atoms with Crippen LogP contribution in [-0.2, 0) is 9.53 Å². The average Bonchev–Trinajstić information content (AvgIpc) is 2.39. The number of methoxy groups -OCH3 is 1. The van der Waals surface area contributed by atoms with Gasteiger partial charge in [0.1, 0.15) is 0 Å². The van der Waals surface area contributed by atoms with E-state index in [0.29, 0.717) is 13.2 Å². The number of aliphatic hydroxyl groups excluding tert-OH is 1. The Kier molecular flexibility index (Phi) is 6.32. The second-order valence-electron chi connectivity index (χ2n) is 4.47. The number of benzene rings is 1. The van der Waals surface area contributed by atoms with Crippen LogP contribution in [0.15, 0.2) is 24.3 Å². The molecule has 106 valence electrons. The van der Waals surface area contributed by atoms with Crippen molar-refractivity contribution in [2.75, 3.05) is 38.8 Å². The van der Waals surface area contributed by atoms with Gasteiger partial charge in [0.05, 0.1) is 19.3 Å². The molecule has 0 radical (unpaired) electrons. The van der Waals surface area contributed by atoms with E-state index >= 15 is 0 Å². The summed E-state index contributed by atoms with van der Waals surface area (Å²) in [4.78, 5) is 13.5. The highest BCUT2D eigenvalue weighted by atomic mass is 16.5. The topological polar surface area (TPSA) is 61.8 Å². The molecule has 0 spiro atoms. The molecule has 1 aromatic rings. The minimum Gasteiger partial charge on any atom is -0.389 e. The third-order valence-corrected chi connectivity index (χ3v) is 2.83. The number of nitrogens with zero attached hydrogens (tertiary/aromatic N) is 1. The van der Waals surface area contributed by atoms with Crippen LogP contribution in [0.25, 0.3) is 0 Å². The van der Waals surface area contributed by atoms with E-state index in [-0.39, 0.29) is 12.5 Å². The van der Waals surface area contributed by atoms with Gasteiger partial charge >= 0.3 is 0 Å². The van der Waals surface area contributed by atoms with Crippen LogP contribution in [0, 0.1) is 0 Å². The van der Waals surface area contributed by atoms with Crippen LogP contribution in [0.3, 0.4) is 0 Å². The molecule has 0 saturated heterocycles. The summed E-state index contributed by atoms with van der Waals surface area (Å²) < 4.78 is 4.87. The highest BCUT2D eigenvalue weighted by molar-refractivity contribution is 5.81. The lowest BCUT2D eigenvalue weighted by Gasteiger charge is -2.19. The number of carbonyl (C=O) groups is 1. The van der Waals surface area contributed by atoms with Crippen LogP contribution >= 0.6 is 0 Å². The number of ether oxygens (including phenoxy) is 1. The molecule has 0 saturated carbocycles. The second kappa shape index (κ2) is 7.76. The number of anilines is 1. The first kappa shape index (κ1) is 15.5. The van der Waals surface area contributed by atoms with Crippen molar-refractivity contribution in [3.8, 4) is 0 Å². The largest absolute Gasteiger partial charge is 0.389 e. The molecule has 2 N–H and O–H groups in total. The highest BCUT2D eigenvalue weighted by Crippen LogP contribution is 2.17. The van der Waals surface area contributed by atoms with Gasteiger partial charge in [0.15, 0.2) is 0 Å². The third kappa shape index (κ3) is 5.28. The van der Waals surface area contributed by atoms with E-state index in [9.17, 15) is 9.90 Å². The molecule has 0 aliphatic carbocycles. The lowest BCUT2D eigenvalue weighted by molar-refractivity contribution is -0.119. The summed E-state index contributed by atoms with van der Waals surface area (Å²) in [6.07, 6.45) is -0.475. The summed E-state index contributed by atoms with van der Waals surface area (Å²) in [5, 5.41) is 12.2. The van der Waals surface area contributed by atoms with Gasteiger partial charge in [-0.2, -0.15) is 0 Å². The van der Waals surface area contributed by atoms with E-state index in [2.05, 4.69) is 5.32 Å². The molecule has 0 bridgehead atoms. The van der Waals surface area contributed by atoms with Crippen LogP contribution in [0.4, 0.5) is 5.69 Å². The van der Waals surface area contributed by atoms with Gasteiger partial charge in [-0.05, 0) is 24.6 Å². The maximum Gasteiger partial charge on any atom is 0.239 e. The van der Waals surface area contributed by atoms with Crippen LogP contribution in [0.5, 0.6) is 0 Å². The molecule has 5 heteroatoms. The van der Waals surface area contributed by atoms with E-state index in [1.54, 1.807) is 14.0 Å². The first-order valence-corrected chi connectivity index (χ1v) is 6.29. The molecule has 0 heterocycles. The zero-order valence-electron chi connectivity index (χ0n) is 11.7. The van der Waals surface area contributed by atoms with Crippen LogP contribution in [-0.4, -0.2) is 44.9 Å². The van der Waals surface area contributed by atoms with E-state index in [0.717, 1.165) is 11.3 Å². The smallest absolute Gasteiger partial charge is 0.239 e. The monoisotopic (exact) mass is 266 g/mol. The maximum atomic E-state index is 11.6. The number of aliphatic hydroxyl groups is 1. The standard InChI is InChI=1S/C14H22N2O3/c1-11(17)12-4-6-13(7-5-12)16(2)10-14(18)15-8-9-19-3/h4-7,11,17H,8-10H2,1-3H3,(H,15,18)/t11-/m1/s1. The predicted molar refractivity (Wildman–Crippen MR) is 75.2 cm³/mol. The molecule has 1 atom stereocenters. The van der Waals surface area contributed by atoms with Crippen molar-refractivity contribution in [2.45, 2.75) is 13.0 Å². The Labute approximate surface area is 114 Å². The normalized spacial score (nSPS) is 12.0. The number of amides is 1. The number of likely N-dealkylation sites (N-methyl/N-ethyl adjacent to an activating group) is 1. The minimum absolute atomic E-state index is 0.0425. The summed E-state index contributed by atoms with van der Waals surface area (Å²) in [5.41, 5.74) is 1.80. The summed E-state index contributed by atoms with van der Waals surface area (Å²) in [5.74, 6) is -0.0425. The van der Waals surface area contributed by atoms with Crippen molar-refractivity contribution in [1.29, 1.82) is 0 Å². The van der Waals surface area contributed by atoms with Gasteiger partial charge in [0, 0.05) is 26.4 Å². The van der Waals surface area contributed by atoms with E-state index in [1.807, 2.05) is 36.2 Å². The van der Waals surface area contributed by atoms with Crippen molar-refractivity contribution in [2.24, 2.45) is 0 Å². The molecule has 0 aromatic heterocycles. The number of hydrogen-bond acceptors (Lipinski definition) is 4. The van der Waals surface area contributed by atoms with E-state index < -0.39 is 6.10 Å². The Morgan fingerprint density at radius 1 is 1.42 bits per heavy atom. The van der Waals surface area contributed by atoms with Gasteiger partial charge in [-0.1, -0.05) is 12.1 Å². The first-order valence-electron chi connectivity index (χ1n) is 6.29. The van der Waals surface area contributed by atoms with Crippen molar-refractivity contribution < 1.29 is 14.6 Å². The fourth-order valence-corrected chi connectivity index (χ4v) is 1.66. The fourth-order valence-electron chi connectivity index (χ4n) is 1.66. The maximum absolute atomic E-state index is 11.6. The molecule has 1 aromatic carbocycles. The molecule has 1 rings (SSSR count). The Morgan fingerprint density at radius 2 is 2.05 bits per heavy atom. The van der Waals surface area contributed by atoms with E-state index in [4.69, 9.17) is 4.74 Å². The van der Waals surface area contributed by atoms with E-state index in [1.165, 1.54) is 0 Å². The second-order valence-corrected chi connectivity index (χ2v) is 4.47. The molecule has 0 fully saturated rings. The van der Waals surface area contributed by atoms with Gasteiger partial charge in [-0.25, -0.2) is 0 Å². The number of nitrogens with one attached hydrogen (secondary N) is 1. The summed E-state index contributed by atoms with van der Waals surface area (Å²) in [6, 6.07) is 7.51. The number of rotatable bonds is 7. The molecule has 0 unspecified atom stereocenters. The molecule has 1 amide bonds. The van der Waals surface area contributed by atoms with Crippen molar-refractivity contribution in [3.63, 3.8) is 0 Å². The summed E-state index contributed by atoms with van der Waals surface area (Å²) in [6.45, 7) is 3.04. The zero-order chi connectivity index (χ0) is 14.3. The SMILES string of the molecule is COCCNC(=O)CN(C)c1ccc([C@@H](C)O)cc1. The highest BCUT2D eigenvalue weighted by Gasteiger charge is 2.07. The Morgan fingerprint density at radius 3 is 2.58 bits per heavy atom. The first-order chi connectivity index (χ1) is 9.04. The molecule has 5 nitrogen and oxygen atoms in total. The van der Waals surface area contributed by atoms with Gasteiger partial charge in [0.25, 0.3) is 0 Å². The van der Waals surface area contributed by atoms with Crippen LogP contribution in [0.2, 0.25) is 0 Å². The van der Waals surface area contributed by atoms with Crippen molar-refractivity contribution in [3.05, 3.63) is 29.8 Å². The van der Waals surface area contributed by atoms with Gasteiger partial charge in [-0.3, -0.25) is 4.79 Å². The van der Waals surface area contributed by atoms with Crippen LogP contribution < -0.4 is 10.2 Å². The predicted octanol–water partition coefficient (Wildman–Crippen LogP) is 0.939. The third-order valence-electron chi connectivity index (χ3n) is 2.83. The quantitative estimate of drug-likeness (QED) is 0.721. The van der Waals surface area contributed by atoms with Crippen molar-refractivity contribution in [1.82, 2.24) is 5.32 Å². The summed E-state index contributed by atoms with van der Waals surface area (Å²) >= 11 is 0. The van der Waals surface area contributed by atoms with Gasteiger partial charge in [0.2, 0.25) is 5.91 Å². The zero-order valence-corrected chi connectivity index (χ0v) is 11.7. The molecule has 19 heavy (non-hydrogen) atoms. The molecule has 0 aliphatic heterocycles. The number of hydrogen-bond donors (Lipinski definition) is 2. The number of carbonyl (C=O) groups excluding carboxylic acids is 1. The lowest BCUT2D eigenvalue weighted by Crippen LogP contribution is -2.36. The molecule has 0 aliphatic rings. The van der Waals surface area contributed by atoms with Crippen LogP contribution in [0.1, 0.15) is 18.6 Å².